The summed E-state index contributed by atoms with van der Waals surface area (Å²) in [6, 6.07) is 5.41. The second kappa shape index (κ2) is 8.07. The molecule has 0 bridgehead atoms. The van der Waals surface area contributed by atoms with Crippen molar-refractivity contribution in [3.05, 3.63) is 47.4 Å². The van der Waals surface area contributed by atoms with Crippen LogP contribution in [0.3, 0.4) is 0 Å². The Balaban J connectivity index is 2.03. The number of hydrogen-bond acceptors (Lipinski definition) is 6. The van der Waals surface area contributed by atoms with Gasteiger partial charge in [-0.1, -0.05) is 17.3 Å². The molecule has 2 rings (SSSR count). The Bertz CT molecular complexity index is 662. The van der Waals surface area contributed by atoms with Crippen LogP contribution >= 0.6 is 11.8 Å². The third-order valence-corrected chi connectivity index (χ3v) is 3.67. The standard InChI is InChI=1S/C15H19FN4O2S/c1-20(2)14(10-5-4-6-11(16)7-10)15(21)17-8-13-18-12(9-23-3)19-22-13/h4-7,14H,8-9H2,1-3H3,(H,17,21)/t14-/m0/s1. The molecule has 1 amide bonds. The van der Waals surface area contributed by atoms with Gasteiger partial charge in [0.05, 0.1) is 12.3 Å². The fourth-order valence-electron chi connectivity index (χ4n) is 2.17. The van der Waals surface area contributed by atoms with Crippen LogP contribution in [0.25, 0.3) is 0 Å². The predicted octanol–water partition coefficient (Wildman–Crippen LogP) is 1.99. The van der Waals surface area contributed by atoms with Gasteiger partial charge in [0.15, 0.2) is 5.82 Å². The van der Waals surface area contributed by atoms with Crippen LogP contribution in [0.1, 0.15) is 23.3 Å². The largest absolute Gasteiger partial charge is 0.345 e. The third-order valence-electron chi connectivity index (χ3n) is 3.13. The maximum atomic E-state index is 13.4. The van der Waals surface area contributed by atoms with Crippen LogP contribution in [0.4, 0.5) is 4.39 Å². The highest BCUT2D eigenvalue weighted by Gasteiger charge is 2.23. The molecule has 0 aliphatic rings. The van der Waals surface area contributed by atoms with E-state index < -0.39 is 6.04 Å². The average molecular weight is 338 g/mol. The van der Waals surface area contributed by atoms with E-state index in [9.17, 15) is 9.18 Å². The smallest absolute Gasteiger partial charge is 0.246 e. The van der Waals surface area contributed by atoms with Crippen LogP contribution in [0.2, 0.25) is 0 Å². The lowest BCUT2D eigenvalue weighted by Gasteiger charge is -2.23. The van der Waals surface area contributed by atoms with E-state index in [1.54, 1.807) is 42.9 Å². The molecule has 8 heteroatoms. The van der Waals surface area contributed by atoms with Gasteiger partial charge in [-0.05, 0) is 38.0 Å². The Morgan fingerprint density at radius 1 is 1.48 bits per heavy atom. The first-order valence-electron chi connectivity index (χ1n) is 7.01. The molecule has 0 fully saturated rings. The molecule has 1 aromatic carbocycles. The van der Waals surface area contributed by atoms with Crippen LogP contribution in [-0.4, -0.2) is 41.3 Å². The summed E-state index contributed by atoms with van der Waals surface area (Å²) < 4.78 is 18.5. The van der Waals surface area contributed by atoms with Gasteiger partial charge in [0, 0.05) is 0 Å². The van der Waals surface area contributed by atoms with E-state index >= 15 is 0 Å². The zero-order valence-corrected chi connectivity index (χ0v) is 14.1. The zero-order valence-electron chi connectivity index (χ0n) is 13.2. The van der Waals surface area contributed by atoms with Gasteiger partial charge in [0.25, 0.3) is 0 Å². The minimum Gasteiger partial charge on any atom is -0.345 e. The molecule has 1 aromatic heterocycles. The average Bonchev–Trinajstić information content (AvgIpc) is 2.93. The number of hydrogen-bond donors (Lipinski definition) is 1. The molecule has 0 spiro atoms. The molecule has 2 aromatic rings. The number of carbonyl (C=O) groups is 1. The molecule has 124 valence electrons. The lowest BCUT2D eigenvalue weighted by molar-refractivity contribution is -0.126. The van der Waals surface area contributed by atoms with E-state index in [-0.39, 0.29) is 18.3 Å². The summed E-state index contributed by atoms with van der Waals surface area (Å²) in [5, 5.41) is 6.56. The molecule has 23 heavy (non-hydrogen) atoms. The normalized spacial score (nSPS) is 12.4. The highest BCUT2D eigenvalue weighted by Crippen LogP contribution is 2.19. The Hall–Kier alpha value is -1.93. The molecule has 0 aliphatic heterocycles. The second-order valence-corrected chi connectivity index (χ2v) is 6.04. The fraction of sp³-hybridized carbons (Fsp3) is 0.400. The van der Waals surface area contributed by atoms with Crippen LogP contribution in [-0.2, 0) is 17.1 Å². The van der Waals surface area contributed by atoms with Gasteiger partial charge in [-0.15, -0.1) is 0 Å². The van der Waals surface area contributed by atoms with Crippen LogP contribution < -0.4 is 5.32 Å². The number of thioether (sulfide) groups is 1. The van der Waals surface area contributed by atoms with E-state index in [1.807, 2.05) is 6.26 Å². The maximum absolute atomic E-state index is 13.4. The maximum Gasteiger partial charge on any atom is 0.246 e. The number of nitrogens with zero attached hydrogens (tertiary/aromatic N) is 3. The lowest BCUT2D eigenvalue weighted by atomic mass is 10.1. The number of halogens is 1. The van der Waals surface area contributed by atoms with Crippen LogP contribution in [0, 0.1) is 5.82 Å². The SMILES string of the molecule is CSCc1noc(CNC(=O)[C@H](c2cccc(F)c2)N(C)C)n1. The highest BCUT2D eigenvalue weighted by molar-refractivity contribution is 7.97. The topological polar surface area (TPSA) is 71.3 Å². The summed E-state index contributed by atoms with van der Waals surface area (Å²) in [4.78, 5) is 18.3. The first kappa shape index (κ1) is 17.4. The number of aromatic nitrogens is 2. The summed E-state index contributed by atoms with van der Waals surface area (Å²) in [6.07, 6.45) is 1.94. The molecule has 1 heterocycles. The van der Waals surface area contributed by atoms with Crippen molar-refractivity contribution in [2.45, 2.75) is 18.3 Å². The molecule has 1 N–H and O–H groups in total. The van der Waals surface area contributed by atoms with Crippen molar-refractivity contribution in [3.8, 4) is 0 Å². The molecule has 6 nitrogen and oxygen atoms in total. The minimum atomic E-state index is -0.598. The van der Waals surface area contributed by atoms with E-state index in [0.29, 0.717) is 23.0 Å². The first-order chi connectivity index (χ1) is 11.0. The van der Waals surface area contributed by atoms with Crippen molar-refractivity contribution in [2.75, 3.05) is 20.4 Å². The number of nitrogens with one attached hydrogen (secondary N) is 1. The Morgan fingerprint density at radius 2 is 2.26 bits per heavy atom. The Labute approximate surface area is 138 Å². The van der Waals surface area contributed by atoms with Crippen molar-refractivity contribution < 1.29 is 13.7 Å². The van der Waals surface area contributed by atoms with Gasteiger partial charge in [0.2, 0.25) is 11.8 Å². The monoisotopic (exact) mass is 338 g/mol. The number of likely N-dealkylation sites (N-methyl/N-ethyl adjacent to an activating group) is 1. The van der Waals surface area contributed by atoms with Crippen molar-refractivity contribution in [2.24, 2.45) is 0 Å². The summed E-state index contributed by atoms with van der Waals surface area (Å²) in [6.45, 7) is 0.139. The van der Waals surface area contributed by atoms with Gasteiger partial charge in [0.1, 0.15) is 11.9 Å². The van der Waals surface area contributed by atoms with E-state index in [1.165, 1.54) is 12.1 Å². The molecular weight excluding hydrogens is 319 g/mol. The quantitative estimate of drug-likeness (QED) is 0.832. The highest BCUT2D eigenvalue weighted by atomic mass is 32.2. The van der Waals surface area contributed by atoms with Gasteiger partial charge in [-0.25, -0.2) is 4.39 Å². The summed E-state index contributed by atoms with van der Waals surface area (Å²) in [7, 11) is 3.52. The Morgan fingerprint density at radius 3 is 2.91 bits per heavy atom. The second-order valence-electron chi connectivity index (χ2n) is 5.18. The van der Waals surface area contributed by atoms with E-state index in [0.717, 1.165) is 0 Å². The molecular formula is C15H19FN4O2S. The van der Waals surface area contributed by atoms with Crippen molar-refractivity contribution >= 4 is 17.7 Å². The van der Waals surface area contributed by atoms with Gasteiger partial charge >= 0.3 is 0 Å². The molecule has 0 saturated carbocycles. The Kier molecular flexibility index (Phi) is 6.12. The van der Waals surface area contributed by atoms with Gasteiger partial charge < -0.3 is 9.84 Å². The van der Waals surface area contributed by atoms with Crippen molar-refractivity contribution in [3.63, 3.8) is 0 Å². The number of rotatable bonds is 7. The molecule has 0 unspecified atom stereocenters. The van der Waals surface area contributed by atoms with E-state index in [2.05, 4.69) is 15.5 Å². The third kappa shape index (κ3) is 4.77. The number of carbonyl (C=O) groups excluding carboxylic acids is 1. The molecule has 0 saturated heterocycles. The number of benzene rings is 1. The summed E-state index contributed by atoms with van der Waals surface area (Å²) in [5.41, 5.74) is 0.584. The number of amides is 1. The molecule has 1 atom stereocenters. The van der Waals surface area contributed by atoms with Crippen LogP contribution in [0.5, 0.6) is 0 Å². The fourth-order valence-corrected chi connectivity index (χ4v) is 2.55. The first-order valence-corrected chi connectivity index (χ1v) is 8.40. The van der Waals surface area contributed by atoms with Gasteiger partial charge in [-0.3, -0.25) is 9.69 Å². The van der Waals surface area contributed by atoms with Crippen LogP contribution in [0.15, 0.2) is 28.8 Å². The van der Waals surface area contributed by atoms with Crippen molar-refractivity contribution in [1.82, 2.24) is 20.4 Å². The van der Waals surface area contributed by atoms with Gasteiger partial charge in [-0.2, -0.15) is 16.7 Å². The molecule has 0 radical (unpaired) electrons. The summed E-state index contributed by atoms with van der Waals surface area (Å²) in [5.74, 6) is 0.960. The van der Waals surface area contributed by atoms with Crippen molar-refractivity contribution in [1.29, 1.82) is 0 Å². The summed E-state index contributed by atoms with van der Waals surface area (Å²) >= 11 is 1.59. The minimum absolute atomic E-state index is 0.139. The zero-order chi connectivity index (χ0) is 16.8. The molecule has 0 aliphatic carbocycles. The predicted molar refractivity (Wildman–Crippen MR) is 86.2 cm³/mol. The van der Waals surface area contributed by atoms with E-state index in [4.69, 9.17) is 4.52 Å². The lowest BCUT2D eigenvalue weighted by Crippen LogP contribution is -2.36.